The fourth-order valence-electron chi connectivity index (χ4n) is 1.71. The van der Waals surface area contributed by atoms with Gasteiger partial charge in [-0.25, -0.2) is 4.79 Å². The van der Waals surface area contributed by atoms with Gasteiger partial charge in [-0.15, -0.1) is 0 Å². The summed E-state index contributed by atoms with van der Waals surface area (Å²) in [5.41, 5.74) is 0.862. The molecule has 1 aromatic rings. The minimum Gasteiger partial charge on any atom is -0.444 e. The lowest BCUT2D eigenvalue weighted by Gasteiger charge is -2.19. The first-order valence-electron chi connectivity index (χ1n) is 7.19. The van der Waals surface area contributed by atoms with E-state index in [0.29, 0.717) is 6.54 Å². The molecule has 0 heterocycles. The van der Waals surface area contributed by atoms with Crippen molar-refractivity contribution in [3.63, 3.8) is 0 Å². The van der Waals surface area contributed by atoms with Gasteiger partial charge in [-0.2, -0.15) is 0 Å². The van der Waals surface area contributed by atoms with E-state index in [0.717, 1.165) is 25.9 Å². The van der Waals surface area contributed by atoms with E-state index in [1.165, 1.54) is 5.56 Å². The van der Waals surface area contributed by atoms with Crippen LogP contribution in [0, 0.1) is 0 Å². The van der Waals surface area contributed by atoms with Gasteiger partial charge < -0.3 is 15.4 Å². The molecule has 0 bridgehead atoms. The van der Waals surface area contributed by atoms with E-state index in [2.05, 4.69) is 22.8 Å². The minimum atomic E-state index is -0.429. The Bertz CT molecular complexity index is 385. The highest BCUT2D eigenvalue weighted by Gasteiger charge is 2.15. The minimum absolute atomic E-state index is 0.338. The van der Waals surface area contributed by atoms with Gasteiger partial charge in [0.1, 0.15) is 5.60 Å². The van der Waals surface area contributed by atoms with Crippen molar-refractivity contribution in [3.8, 4) is 0 Å². The predicted molar refractivity (Wildman–Crippen MR) is 81.6 cm³/mol. The van der Waals surface area contributed by atoms with Gasteiger partial charge in [0.25, 0.3) is 0 Å². The Labute approximate surface area is 121 Å². The van der Waals surface area contributed by atoms with Crippen molar-refractivity contribution in [3.05, 3.63) is 35.9 Å². The molecule has 0 aliphatic rings. The SMILES string of the molecule is CC(C)(C)OC(=O)NCCCCNCc1ccccc1. The van der Waals surface area contributed by atoms with Crippen molar-refractivity contribution in [1.82, 2.24) is 10.6 Å². The van der Waals surface area contributed by atoms with Crippen LogP contribution in [0.15, 0.2) is 30.3 Å². The molecule has 1 aromatic carbocycles. The lowest BCUT2D eigenvalue weighted by atomic mass is 10.2. The molecule has 0 saturated heterocycles. The number of hydrogen-bond acceptors (Lipinski definition) is 3. The van der Waals surface area contributed by atoms with Crippen molar-refractivity contribution in [2.45, 2.75) is 45.8 Å². The number of unbranched alkanes of at least 4 members (excludes halogenated alkanes) is 1. The molecule has 1 amide bonds. The first kappa shape index (κ1) is 16.5. The van der Waals surface area contributed by atoms with Crippen molar-refractivity contribution in [2.75, 3.05) is 13.1 Å². The highest BCUT2D eigenvalue weighted by atomic mass is 16.6. The normalized spacial score (nSPS) is 11.2. The summed E-state index contributed by atoms with van der Waals surface area (Å²) in [6.07, 6.45) is 1.64. The second-order valence-corrected chi connectivity index (χ2v) is 5.80. The van der Waals surface area contributed by atoms with Gasteiger partial charge in [0.2, 0.25) is 0 Å². The number of carbonyl (C=O) groups excluding carboxylic acids is 1. The van der Waals surface area contributed by atoms with Crippen LogP contribution in [-0.2, 0) is 11.3 Å². The lowest BCUT2D eigenvalue weighted by molar-refractivity contribution is 0.0527. The molecule has 2 N–H and O–H groups in total. The zero-order valence-electron chi connectivity index (χ0n) is 12.7. The number of benzene rings is 1. The van der Waals surface area contributed by atoms with Gasteiger partial charge in [-0.3, -0.25) is 0 Å². The molecule has 0 unspecified atom stereocenters. The Morgan fingerprint density at radius 2 is 1.75 bits per heavy atom. The van der Waals surface area contributed by atoms with Crippen LogP contribution in [0.5, 0.6) is 0 Å². The second kappa shape index (κ2) is 8.59. The highest BCUT2D eigenvalue weighted by molar-refractivity contribution is 5.67. The summed E-state index contributed by atoms with van der Waals surface area (Å²) in [6.45, 7) is 8.08. The summed E-state index contributed by atoms with van der Waals surface area (Å²) in [5.74, 6) is 0. The first-order chi connectivity index (χ1) is 9.47. The number of nitrogens with one attached hydrogen (secondary N) is 2. The summed E-state index contributed by atoms with van der Waals surface area (Å²) >= 11 is 0. The number of rotatable bonds is 7. The first-order valence-corrected chi connectivity index (χ1v) is 7.19. The van der Waals surface area contributed by atoms with Gasteiger partial charge >= 0.3 is 6.09 Å². The van der Waals surface area contributed by atoms with Crippen molar-refractivity contribution in [2.24, 2.45) is 0 Å². The van der Waals surface area contributed by atoms with E-state index in [9.17, 15) is 4.79 Å². The van der Waals surface area contributed by atoms with Gasteiger partial charge in [-0.05, 0) is 45.7 Å². The van der Waals surface area contributed by atoms with Crippen molar-refractivity contribution < 1.29 is 9.53 Å². The van der Waals surface area contributed by atoms with E-state index in [-0.39, 0.29) is 6.09 Å². The molecule has 0 fully saturated rings. The summed E-state index contributed by atoms with van der Waals surface area (Å²) in [4.78, 5) is 11.4. The Kier molecular flexibility index (Phi) is 7.09. The van der Waals surface area contributed by atoms with Gasteiger partial charge in [-0.1, -0.05) is 30.3 Å². The molecule has 0 saturated carbocycles. The molecule has 0 aliphatic carbocycles. The van der Waals surface area contributed by atoms with Crippen LogP contribution < -0.4 is 10.6 Å². The number of ether oxygens (including phenoxy) is 1. The molecule has 0 aliphatic heterocycles. The van der Waals surface area contributed by atoms with Crippen LogP contribution in [0.3, 0.4) is 0 Å². The van der Waals surface area contributed by atoms with E-state index in [1.807, 2.05) is 39.0 Å². The Hall–Kier alpha value is -1.55. The van der Waals surface area contributed by atoms with Crippen molar-refractivity contribution >= 4 is 6.09 Å². The Balaban J connectivity index is 1.96. The molecular formula is C16H26N2O2. The van der Waals surface area contributed by atoms with Crippen molar-refractivity contribution in [1.29, 1.82) is 0 Å². The Morgan fingerprint density at radius 1 is 1.10 bits per heavy atom. The summed E-state index contributed by atoms with van der Waals surface area (Å²) in [5, 5.41) is 6.14. The predicted octanol–water partition coefficient (Wildman–Crippen LogP) is 3.08. The van der Waals surface area contributed by atoms with Gasteiger partial charge in [0.05, 0.1) is 0 Å². The van der Waals surface area contributed by atoms with Crippen LogP contribution in [0.1, 0.15) is 39.2 Å². The average Bonchev–Trinajstić information content (AvgIpc) is 2.37. The molecule has 112 valence electrons. The maximum Gasteiger partial charge on any atom is 0.407 e. The van der Waals surface area contributed by atoms with Crippen LogP contribution >= 0.6 is 0 Å². The summed E-state index contributed by atoms with van der Waals surface area (Å²) < 4.78 is 5.16. The zero-order valence-corrected chi connectivity index (χ0v) is 12.7. The van der Waals surface area contributed by atoms with Gasteiger partial charge in [0, 0.05) is 13.1 Å². The zero-order chi connectivity index (χ0) is 14.8. The fraction of sp³-hybridized carbons (Fsp3) is 0.562. The smallest absolute Gasteiger partial charge is 0.407 e. The van der Waals surface area contributed by atoms with E-state index in [1.54, 1.807) is 0 Å². The maximum atomic E-state index is 11.4. The van der Waals surface area contributed by atoms with E-state index in [4.69, 9.17) is 4.74 Å². The second-order valence-electron chi connectivity index (χ2n) is 5.80. The molecule has 0 aromatic heterocycles. The van der Waals surface area contributed by atoms with Gasteiger partial charge in [0.15, 0.2) is 0 Å². The van der Waals surface area contributed by atoms with E-state index < -0.39 is 5.60 Å². The Morgan fingerprint density at radius 3 is 2.40 bits per heavy atom. The van der Waals surface area contributed by atoms with Crippen LogP contribution in [0.4, 0.5) is 4.79 Å². The van der Waals surface area contributed by atoms with Crippen LogP contribution in [0.2, 0.25) is 0 Å². The third kappa shape index (κ3) is 8.53. The monoisotopic (exact) mass is 278 g/mol. The molecule has 0 spiro atoms. The van der Waals surface area contributed by atoms with Crippen LogP contribution in [0.25, 0.3) is 0 Å². The van der Waals surface area contributed by atoms with Crippen LogP contribution in [-0.4, -0.2) is 24.8 Å². The van der Waals surface area contributed by atoms with E-state index >= 15 is 0 Å². The number of carbonyl (C=O) groups is 1. The quantitative estimate of drug-likeness (QED) is 0.754. The number of amides is 1. The largest absolute Gasteiger partial charge is 0.444 e. The summed E-state index contributed by atoms with van der Waals surface area (Å²) in [7, 11) is 0. The number of hydrogen-bond donors (Lipinski definition) is 2. The molecule has 0 atom stereocenters. The third-order valence-electron chi connectivity index (χ3n) is 2.62. The maximum absolute atomic E-state index is 11.4. The molecular weight excluding hydrogens is 252 g/mol. The standard InChI is InChI=1S/C16H26N2O2/c1-16(2,3)20-15(19)18-12-8-7-11-17-13-14-9-5-4-6-10-14/h4-6,9-10,17H,7-8,11-13H2,1-3H3,(H,18,19). The topological polar surface area (TPSA) is 50.4 Å². The summed E-state index contributed by atoms with van der Waals surface area (Å²) in [6, 6.07) is 10.3. The molecule has 20 heavy (non-hydrogen) atoms. The third-order valence-corrected chi connectivity index (χ3v) is 2.62. The lowest BCUT2D eigenvalue weighted by Crippen LogP contribution is -2.33. The molecule has 4 nitrogen and oxygen atoms in total. The molecule has 0 radical (unpaired) electrons. The average molecular weight is 278 g/mol. The fourth-order valence-corrected chi connectivity index (χ4v) is 1.71. The highest BCUT2D eigenvalue weighted by Crippen LogP contribution is 2.06. The number of alkyl carbamates (subject to hydrolysis) is 1. The molecule has 4 heteroatoms. The molecule has 1 rings (SSSR count).